The van der Waals surface area contributed by atoms with Gasteiger partial charge in [-0.1, -0.05) is 12.2 Å². The van der Waals surface area contributed by atoms with E-state index in [-0.39, 0.29) is 23.1 Å². The predicted molar refractivity (Wildman–Crippen MR) is 69.3 cm³/mol. The summed E-state index contributed by atoms with van der Waals surface area (Å²) in [5.74, 6) is -2.09. The molecule has 0 spiro atoms. The second-order valence-electron chi connectivity index (χ2n) is 4.15. The molecule has 18 heavy (non-hydrogen) atoms. The molecule has 1 aromatic carbocycles. The van der Waals surface area contributed by atoms with Gasteiger partial charge in [0.05, 0.1) is 11.5 Å². The lowest BCUT2D eigenvalue weighted by molar-refractivity contribution is 0.0735. The molecule has 0 aliphatic rings. The number of carbonyl (C=O) groups is 1. The van der Waals surface area contributed by atoms with Crippen LogP contribution in [0.25, 0.3) is 0 Å². The zero-order chi connectivity index (χ0) is 13.9. The molecule has 0 aliphatic heterocycles. The summed E-state index contributed by atoms with van der Waals surface area (Å²) in [6.45, 7) is 3.61. The van der Waals surface area contributed by atoms with E-state index in [0.29, 0.717) is 6.07 Å². The number of nitrogens with two attached hydrogens (primary N) is 1. The van der Waals surface area contributed by atoms with Crippen molar-refractivity contribution in [3.05, 3.63) is 35.4 Å². The average molecular weight is 272 g/mol. The minimum atomic E-state index is -0.794. The summed E-state index contributed by atoms with van der Waals surface area (Å²) >= 11 is 4.75. The van der Waals surface area contributed by atoms with Gasteiger partial charge in [-0.2, -0.15) is 0 Å². The van der Waals surface area contributed by atoms with Crippen molar-refractivity contribution in [3.8, 4) is 0 Å². The normalized spacial score (nSPS) is 10.5. The Balaban J connectivity index is 3.05. The number of hydrogen-bond donors (Lipinski definition) is 1. The van der Waals surface area contributed by atoms with E-state index < -0.39 is 17.5 Å². The quantitative estimate of drug-likeness (QED) is 0.854. The van der Waals surface area contributed by atoms with Crippen LogP contribution in [0.4, 0.5) is 8.78 Å². The van der Waals surface area contributed by atoms with Crippen molar-refractivity contribution in [2.75, 3.05) is 6.54 Å². The number of benzene rings is 1. The maximum atomic E-state index is 13.1. The summed E-state index contributed by atoms with van der Waals surface area (Å²) in [6, 6.07) is 2.51. The van der Waals surface area contributed by atoms with E-state index in [2.05, 4.69) is 0 Å². The van der Waals surface area contributed by atoms with Crippen LogP contribution < -0.4 is 5.73 Å². The molecule has 3 nitrogen and oxygen atoms in total. The van der Waals surface area contributed by atoms with E-state index in [9.17, 15) is 13.6 Å². The first-order valence-electron chi connectivity index (χ1n) is 5.36. The highest BCUT2D eigenvalue weighted by molar-refractivity contribution is 7.80. The van der Waals surface area contributed by atoms with Crippen molar-refractivity contribution in [2.45, 2.75) is 19.9 Å². The molecule has 0 saturated heterocycles. The molecule has 98 valence electrons. The summed E-state index contributed by atoms with van der Waals surface area (Å²) in [6.07, 6.45) is 0. The lowest BCUT2D eigenvalue weighted by atomic mass is 10.1. The third kappa shape index (κ3) is 3.73. The predicted octanol–water partition coefficient (Wildman–Crippen LogP) is 2.10. The number of amides is 1. The fraction of sp³-hybridized carbons (Fsp3) is 0.333. The molecule has 0 bridgehead atoms. The highest BCUT2D eigenvalue weighted by atomic mass is 32.1. The Bertz CT molecular complexity index is 457. The van der Waals surface area contributed by atoms with Crippen LogP contribution in [0.3, 0.4) is 0 Å². The van der Waals surface area contributed by atoms with Crippen molar-refractivity contribution in [3.63, 3.8) is 0 Å². The number of rotatable bonds is 4. The first-order valence-corrected chi connectivity index (χ1v) is 5.77. The topological polar surface area (TPSA) is 46.3 Å². The second-order valence-corrected chi connectivity index (χ2v) is 4.68. The van der Waals surface area contributed by atoms with Gasteiger partial charge in [-0.05, 0) is 26.0 Å². The van der Waals surface area contributed by atoms with Crippen molar-refractivity contribution >= 4 is 23.1 Å². The molecule has 0 aromatic heterocycles. The molecule has 0 unspecified atom stereocenters. The van der Waals surface area contributed by atoms with E-state index in [4.69, 9.17) is 18.0 Å². The Kier molecular flexibility index (Phi) is 4.72. The first kappa shape index (κ1) is 14.5. The SMILES string of the molecule is CC(C)N(CC(N)=S)C(=O)c1cc(F)cc(F)c1. The largest absolute Gasteiger partial charge is 0.392 e. The molecule has 0 heterocycles. The van der Waals surface area contributed by atoms with Gasteiger partial charge in [-0.25, -0.2) is 8.78 Å². The van der Waals surface area contributed by atoms with Gasteiger partial charge in [-0.15, -0.1) is 0 Å². The van der Waals surface area contributed by atoms with Crippen LogP contribution in [0.5, 0.6) is 0 Å². The van der Waals surface area contributed by atoms with Crippen LogP contribution in [0.2, 0.25) is 0 Å². The Morgan fingerprint density at radius 3 is 2.22 bits per heavy atom. The molecule has 0 fully saturated rings. The number of thiocarbonyl (C=S) groups is 1. The summed E-state index contributed by atoms with van der Waals surface area (Å²) in [7, 11) is 0. The first-order chi connectivity index (χ1) is 8.31. The number of halogens is 2. The van der Waals surface area contributed by atoms with Crippen LogP contribution in [-0.4, -0.2) is 28.4 Å². The Morgan fingerprint density at radius 1 is 1.33 bits per heavy atom. The third-order valence-corrected chi connectivity index (χ3v) is 2.45. The van der Waals surface area contributed by atoms with Crippen LogP contribution in [0.15, 0.2) is 18.2 Å². The van der Waals surface area contributed by atoms with E-state index >= 15 is 0 Å². The van der Waals surface area contributed by atoms with Gasteiger partial charge < -0.3 is 10.6 Å². The van der Waals surface area contributed by atoms with Gasteiger partial charge in [0.1, 0.15) is 11.6 Å². The Labute approximate surface area is 110 Å². The van der Waals surface area contributed by atoms with E-state index in [1.807, 2.05) is 0 Å². The van der Waals surface area contributed by atoms with E-state index in [0.717, 1.165) is 12.1 Å². The van der Waals surface area contributed by atoms with Crippen LogP contribution in [0.1, 0.15) is 24.2 Å². The zero-order valence-corrected chi connectivity index (χ0v) is 10.9. The van der Waals surface area contributed by atoms with Gasteiger partial charge in [0, 0.05) is 17.7 Å². The number of hydrogen-bond acceptors (Lipinski definition) is 2. The summed E-state index contributed by atoms with van der Waals surface area (Å²) in [4.78, 5) is 13.6. The molecule has 1 aromatic rings. The molecule has 0 radical (unpaired) electrons. The highest BCUT2D eigenvalue weighted by Gasteiger charge is 2.20. The monoisotopic (exact) mass is 272 g/mol. The maximum Gasteiger partial charge on any atom is 0.254 e. The minimum Gasteiger partial charge on any atom is -0.392 e. The maximum absolute atomic E-state index is 13.1. The summed E-state index contributed by atoms with van der Waals surface area (Å²) in [5, 5.41) is 0. The van der Waals surface area contributed by atoms with Crippen molar-refractivity contribution in [2.24, 2.45) is 5.73 Å². The molecule has 0 aliphatic carbocycles. The number of carbonyl (C=O) groups excluding carboxylic acids is 1. The summed E-state index contributed by atoms with van der Waals surface area (Å²) in [5.41, 5.74) is 5.34. The molecular weight excluding hydrogens is 258 g/mol. The minimum absolute atomic E-state index is 0.0579. The van der Waals surface area contributed by atoms with Gasteiger partial charge in [0.25, 0.3) is 5.91 Å². The smallest absolute Gasteiger partial charge is 0.254 e. The molecule has 0 atom stereocenters. The van der Waals surface area contributed by atoms with Crippen molar-refractivity contribution < 1.29 is 13.6 Å². The Hall–Kier alpha value is -1.56. The van der Waals surface area contributed by atoms with Gasteiger partial charge >= 0.3 is 0 Å². The fourth-order valence-electron chi connectivity index (χ4n) is 1.50. The van der Waals surface area contributed by atoms with Gasteiger partial charge in [0.2, 0.25) is 0 Å². The molecule has 0 saturated carbocycles. The highest BCUT2D eigenvalue weighted by Crippen LogP contribution is 2.12. The molecule has 1 rings (SSSR count). The molecule has 6 heteroatoms. The van der Waals surface area contributed by atoms with E-state index in [1.165, 1.54) is 4.90 Å². The van der Waals surface area contributed by atoms with Gasteiger partial charge in [0.15, 0.2) is 0 Å². The van der Waals surface area contributed by atoms with Crippen molar-refractivity contribution in [1.29, 1.82) is 0 Å². The van der Waals surface area contributed by atoms with Crippen LogP contribution in [0, 0.1) is 11.6 Å². The second kappa shape index (κ2) is 5.86. The lowest BCUT2D eigenvalue weighted by Gasteiger charge is -2.26. The summed E-state index contributed by atoms with van der Waals surface area (Å²) < 4.78 is 26.1. The molecular formula is C12H14F2N2OS. The zero-order valence-electron chi connectivity index (χ0n) is 10.1. The standard InChI is InChI=1S/C12H14F2N2OS/c1-7(2)16(6-11(15)18)12(17)8-3-9(13)5-10(14)4-8/h3-5,7H,6H2,1-2H3,(H2,15,18). The third-order valence-electron chi connectivity index (χ3n) is 2.32. The molecule has 2 N–H and O–H groups in total. The average Bonchev–Trinajstić information content (AvgIpc) is 2.23. The van der Waals surface area contributed by atoms with E-state index in [1.54, 1.807) is 13.8 Å². The number of nitrogens with zero attached hydrogens (tertiary/aromatic N) is 1. The van der Waals surface area contributed by atoms with Crippen LogP contribution in [-0.2, 0) is 0 Å². The fourth-order valence-corrected chi connectivity index (χ4v) is 1.64. The lowest BCUT2D eigenvalue weighted by Crippen LogP contribution is -2.42. The molecule has 1 amide bonds. The van der Waals surface area contributed by atoms with Crippen LogP contribution >= 0.6 is 12.2 Å². The van der Waals surface area contributed by atoms with Gasteiger partial charge in [-0.3, -0.25) is 4.79 Å². The Morgan fingerprint density at radius 2 is 1.83 bits per heavy atom. The van der Waals surface area contributed by atoms with Crippen molar-refractivity contribution in [1.82, 2.24) is 4.90 Å².